The van der Waals surface area contributed by atoms with Crippen LogP contribution >= 0.6 is 0 Å². The summed E-state index contributed by atoms with van der Waals surface area (Å²) in [4.78, 5) is 36.0. The van der Waals surface area contributed by atoms with Crippen molar-refractivity contribution in [1.29, 1.82) is 0 Å². The zero-order valence-corrected chi connectivity index (χ0v) is 16.1. The SMILES string of the molecule is COCCOC(=O)Nc1nc2c(C)cc(C3=NCC(=O)c4ccccc43)cc2[nH]1. The van der Waals surface area contributed by atoms with Crippen molar-refractivity contribution in [3.63, 3.8) is 0 Å². The monoisotopic (exact) mass is 392 g/mol. The molecule has 1 aromatic heterocycles. The standard InChI is InChI=1S/C21H20N4O4/c1-12-9-13(19-15-6-4-3-5-14(15)17(26)11-22-19)10-16-18(12)24-20(23-16)25-21(27)29-8-7-28-2/h3-6,9-10H,7-8,11H2,1-2H3,(H2,23,24,25,27). The molecule has 0 radical (unpaired) electrons. The third-order valence-corrected chi connectivity index (χ3v) is 4.66. The molecule has 8 nitrogen and oxygen atoms in total. The minimum absolute atomic E-state index is 0.0159. The highest BCUT2D eigenvalue weighted by atomic mass is 16.6. The number of rotatable bonds is 5. The molecule has 1 aliphatic heterocycles. The van der Waals surface area contributed by atoms with Crippen LogP contribution < -0.4 is 5.32 Å². The van der Waals surface area contributed by atoms with Gasteiger partial charge < -0.3 is 14.5 Å². The van der Waals surface area contributed by atoms with E-state index in [-0.39, 0.29) is 18.9 Å². The number of aromatic amines is 1. The van der Waals surface area contributed by atoms with Gasteiger partial charge in [-0.15, -0.1) is 0 Å². The summed E-state index contributed by atoms with van der Waals surface area (Å²) in [5, 5.41) is 2.58. The second kappa shape index (κ2) is 7.84. The Morgan fingerprint density at radius 3 is 2.79 bits per heavy atom. The van der Waals surface area contributed by atoms with E-state index in [0.717, 1.165) is 33.4 Å². The third kappa shape index (κ3) is 3.74. The second-order valence-electron chi connectivity index (χ2n) is 6.66. The largest absolute Gasteiger partial charge is 0.447 e. The first-order valence-electron chi connectivity index (χ1n) is 9.17. The number of benzene rings is 2. The topological polar surface area (TPSA) is 106 Å². The molecule has 4 rings (SSSR count). The average molecular weight is 392 g/mol. The summed E-state index contributed by atoms with van der Waals surface area (Å²) in [5.74, 6) is 0.311. The number of nitrogens with one attached hydrogen (secondary N) is 2. The van der Waals surface area contributed by atoms with Gasteiger partial charge in [-0.3, -0.25) is 15.1 Å². The summed E-state index contributed by atoms with van der Waals surface area (Å²) in [5.41, 5.74) is 5.57. The molecule has 148 valence electrons. The lowest BCUT2D eigenvalue weighted by Crippen LogP contribution is -2.19. The minimum Gasteiger partial charge on any atom is -0.447 e. The van der Waals surface area contributed by atoms with E-state index in [1.54, 1.807) is 0 Å². The first-order valence-corrected chi connectivity index (χ1v) is 9.17. The number of ketones is 1. The van der Waals surface area contributed by atoms with Crippen LogP contribution in [0.15, 0.2) is 41.4 Å². The maximum Gasteiger partial charge on any atom is 0.414 e. The summed E-state index contributed by atoms with van der Waals surface area (Å²) in [6.45, 7) is 2.55. The number of ether oxygens (including phenoxy) is 2. The van der Waals surface area contributed by atoms with Gasteiger partial charge >= 0.3 is 6.09 Å². The summed E-state index contributed by atoms with van der Waals surface area (Å²) in [6, 6.07) is 11.4. The van der Waals surface area contributed by atoms with Crippen LogP contribution in [0.5, 0.6) is 0 Å². The number of imidazole rings is 1. The Labute approximate surface area is 167 Å². The summed E-state index contributed by atoms with van der Waals surface area (Å²) in [7, 11) is 1.53. The van der Waals surface area contributed by atoms with E-state index in [2.05, 4.69) is 20.3 Å². The number of hydrogen-bond donors (Lipinski definition) is 2. The molecule has 29 heavy (non-hydrogen) atoms. The van der Waals surface area contributed by atoms with Crippen molar-refractivity contribution < 1.29 is 19.1 Å². The van der Waals surface area contributed by atoms with Gasteiger partial charge in [-0.1, -0.05) is 24.3 Å². The Bertz CT molecular complexity index is 1130. The van der Waals surface area contributed by atoms with Crippen molar-refractivity contribution in [3.8, 4) is 0 Å². The minimum atomic E-state index is -0.608. The van der Waals surface area contributed by atoms with Crippen LogP contribution in [-0.2, 0) is 9.47 Å². The number of nitrogens with zero attached hydrogens (tertiary/aromatic N) is 2. The molecule has 1 amide bonds. The average Bonchev–Trinajstić information content (AvgIpc) is 3.11. The van der Waals surface area contributed by atoms with Gasteiger partial charge in [0.2, 0.25) is 5.95 Å². The highest BCUT2D eigenvalue weighted by Gasteiger charge is 2.22. The smallest absolute Gasteiger partial charge is 0.414 e. The van der Waals surface area contributed by atoms with Crippen molar-refractivity contribution >= 4 is 34.6 Å². The number of Topliss-reactive ketones (excluding diaryl/α,β-unsaturated/α-hetero) is 1. The van der Waals surface area contributed by atoms with E-state index < -0.39 is 6.09 Å². The lowest BCUT2D eigenvalue weighted by molar-refractivity contribution is 0.1000. The van der Waals surface area contributed by atoms with Gasteiger partial charge in [0.05, 0.1) is 23.4 Å². The van der Waals surface area contributed by atoms with E-state index in [1.807, 2.05) is 43.3 Å². The number of aliphatic imine (C=N–C) groups is 1. The predicted octanol–water partition coefficient (Wildman–Crippen LogP) is 3.10. The number of carbonyl (C=O) groups is 2. The molecular weight excluding hydrogens is 372 g/mol. The van der Waals surface area contributed by atoms with Gasteiger partial charge in [0.25, 0.3) is 0 Å². The van der Waals surface area contributed by atoms with Crippen molar-refractivity contribution in [2.24, 2.45) is 4.99 Å². The Balaban J connectivity index is 1.65. The van der Waals surface area contributed by atoms with Crippen LogP contribution in [-0.4, -0.2) is 54.4 Å². The van der Waals surface area contributed by atoms with Gasteiger partial charge in [0, 0.05) is 23.8 Å². The lowest BCUT2D eigenvalue weighted by atomic mass is 9.92. The van der Waals surface area contributed by atoms with Crippen LogP contribution in [0.1, 0.15) is 27.0 Å². The molecule has 8 heteroatoms. The van der Waals surface area contributed by atoms with Crippen molar-refractivity contribution in [1.82, 2.24) is 9.97 Å². The van der Waals surface area contributed by atoms with Crippen LogP contribution in [0.4, 0.5) is 10.7 Å². The summed E-state index contributed by atoms with van der Waals surface area (Å²) >= 11 is 0. The second-order valence-corrected chi connectivity index (χ2v) is 6.66. The number of amides is 1. The van der Waals surface area contributed by atoms with Crippen molar-refractivity contribution in [3.05, 3.63) is 58.7 Å². The molecule has 0 saturated carbocycles. The number of aryl methyl sites for hydroxylation is 1. The Morgan fingerprint density at radius 2 is 2.00 bits per heavy atom. The fourth-order valence-electron chi connectivity index (χ4n) is 3.34. The number of aromatic nitrogens is 2. The molecule has 2 heterocycles. The highest BCUT2D eigenvalue weighted by molar-refractivity contribution is 6.22. The van der Waals surface area contributed by atoms with E-state index in [1.165, 1.54) is 7.11 Å². The first-order chi connectivity index (χ1) is 14.1. The molecule has 1 aliphatic rings. The molecule has 0 atom stereocenters. The molecule has 0 fully saturated rings. The summed E-state index contributed by atoms with van der Waals surface area (Å²) < 4.78 is 9.84. The molecule has 0 unspecified atom stereocenters. The number of anilines is 1. The predicted molar refractivity (Wildman–Crippen MR) is 109 cm³/mol. The Morgan fingerprint density at radius 1 is 1.21 bits per heavy atom. The number of carbonyl (C=O) groups excluding carboxylic acids is 2. The molecule has 0 spiro atoms. The number of fused-ring (bicyclic) bond motifs is 2. The highest BCUT2D eigenvalue weighted by Crippen LogP contribution is 2.25. The zero-order chi connectivity index (χ0) is 20.4. The zero-order valence-electron chi connectivity index (χ0n) is 16.1. The van der Waals surface area contributed by atoms with Gasteiger partial charge in [-0.2, -0.15) is 0 Å². The lowest BCUT2D eigenvalue weighted by Gasteiger charge is -2.16. The molecule has 3 aromatic rings. The van der Waals surface area contributed by atoms with Gasteiger partial charge in [0.1, 0.15) is 13.2 Å². The van der Waals surface area contributed by atoms with E-state index in [4.69, 9.17) is 9.47 Å². The molecule has 2 aromatic carbocycles. The Kier molecular flexibility index (Phi) is 5.09. The third-order valence-electron chi connectivity index (χ3n) is 4.66. The van der Waals surface area contributed by atoms with Crippen molar-refractivity contribution in [2.45, 2.75) is 6.92 Å². The van der Waals surface area contributed by atoms with Gasteiger partial charge in [-0.25, -0.2) is 9.78 Å². The fraction of sp³-hybridized carbons (Fsp3) is 0.238. The van der Waals surface area contributed by atoms with Crippen molar-refractivity contribution in [2.75, 3.05) is 32.2 Å². The van der Waals surface area contributed by atoms with Gasteiger partial charge in [-0.05, 0) is 24.6 Å². The van der Waals surface area contributed by atoms with E-state index in [9.17, 15) is 9.59 Å². The maximum atomic E-state index is 12.2. The van der Waals surface area contributed by atoms with Crippen LogP contribution in [0.25, 0.3) is 11.0 Å². The molecule has 0 bridgehead atoms. The number of methoxy groups -OCH3 is 1. The number of H-pyrrole nitrogens is 1. The fourth-order valence-corrected chi connectivity index (χ4v) is 3.34. The van der Waals surface area contributed by atoms with Crippen LogP contribution in [0.2, 0.25) is 0 Å². The normalized spacial score (nSPS) is 13.2. The van der Waals surface area contributed by atoms with E-state index in [0.29, 0.717) is 18.1 Å². The Hall–Kier alpha value is -3.52. The van der Waals surface area contributed by atoms with Crippen LogP contribution in [0.3, 0.4) is 0 Å². The number of hydrogen-bond acceptors (Lipinski definition) is 6. The van der Waals surface area contributed by atoms with Gasteiger partial charge in [0.15, 0.2) is 5.78 Å². The molecule has 2 N–H and O–H groups in total. The molecule has 0 saturated heterocycles. The van der Waals surface area contributed by atoms with E-state index >= 15 is 0 Å². The quantitative estimate of drug-likeness (QED) is 0.649. The first kappa shape index (κ1) is 18.8. The van der Waals surface area contributed by atoms with Crippen LogP contribution in [0, 0.1) is 6.92 Å². The maximum absolute atomic E-state index is 12.2. The molecule has 0 aliphatic carbocycles. The molecular formula is C21H20N4O4. The summed E-state index contributed by atoms with van der Waals surface area (Å²) in [6.07, 6.45) is -0.608.